The Kier molecular flexibility index (Phi) is 6.03. The summed E-state index contributed by atoms with van der Waals surface area (Å²) in [6, 6.07) is 8.82. The van der Waals surface area contributed by atoms with E-state index < -0.39 is 0 Å². The molecule has 0 unspecified atom stereocenters. The SMILES string of the molecule is Cc1cc(NC(=O)CN(C)C(=O)c2cnn(-c3ccc(Cl)cc3)c2C(C)C)no1. The van der Waals surface area contributed by atoms with Crippen LogP contribution in [0.5, 0.6) is 0 Å². The average Bonchev–Trinajstić information content (AvgIpc) is 3.28. The van der Waals surface area contributed by atoms with E-state index >= 15 is 0 Å². The van der Waals surface area contributed by atoms with E-state index in [9.17, 15) is 9.59 Å². The summed E-state index contributed by atoms with van der Waals surface area (Å²) in [6.07, 6.45) is 1.53. The molecule has 0 bridgehead atoms. The van der Waals surface area contributed by atoms with Crippen molar-refractivity contribution in [1.82, 2.24) is 19.8 Å². The second-order valence-electron chi connectivity index (χ2n) is 7.02. The molecule has 0 spiro atoms. The van der Waals surface area contributed by atoms with Gasteiger partial charge in [-0.2, -0.15) is 5.10 Å². The number of rotatable bonds is 6. The highest BCUT2D eigenvalue weighted by molar-refractivity contribution is 6.30. The predicted octanol–water partition coefficient (Wildman–Crippen LogP) is 3.66. The van der Waals surface area contributed by atoms with Crippen molar-refractivity contribution < 1.29 is 14.1 Å². The van der Waals surface area contributed by atoms with Crippen LogP contribution in [0.3, 0.4) is 0 Å². The van der Waals surface area contributed by atoms with Gasteiger partial charge in [-0.15, -0.1) is 0 Å². The number of amides is 2. The lowest BCUT2D eigenvalue weighted by molar-refractivity contribution is -0.116. The van der Waals surface area contributed by atoms with Crippen LogP contribution in [-0.2, 0) is 4.79 Å². The number of nitrogens with zero attached hydrogens (tertiary/aromatic N) is 4. The summed E-state index contributed by atoms with van der Waals surface area (Å²) in [5.74, 6) is 0.269. The Morgan fingerprint density at radius 1 is 1.28 bits per heavy atom. The summed E-state index contributed by atoms with van der Waals surface area (Å²) in [5.41, 5.74) is 2.01. The molecule has 0 radical (unpaired) electrons. The molecule has 0 fully saturated rings. The van der Waals surface area contributed by atoms with Crippen LogP contribution in [0, 0.1) is 6.92 Å². The minimum Gasteiger partial charge on any atom is -0.360 e. The van der Waals surface area contributed by atoms with Gasteiger partial charge in [0.25, 0.3) is 5.91 Å². The number of aryl methyl sites for hydroxylation is 1. The van der Waals surface area contributed by atoms with E-state index in [4.69, 9.17) is 16.1 Å². The van der Waals surface area contributed by atoms with Crippen molar-refractivity contribution >= 4 is 29.2 Å². The molecule has 2 heterocycles. The third-order valence-electron chi connectivity index (χ3n) is 4.28. The van der Waals surface area contributed by atoms with E-state index in [2.05, 4.69) is 15.6 Å². The first-order valence-electron chi connectivity index (χ1n) is 9.08. The highest BCUT2D eigenvalue weighted by atomic mass is 35.5. The summed E-state index contributed by atoms with van der Waals surface area (Å²) in [5, 5.41) is 11.3. The van der Waals surface area contributed by atoms with Crippen LogP contribution in [0.1, 0.15) is 41.6 Å². The molecule has 0 atom stereocenters. The number of hydrogen-bond donors (Lipinski definition) is 1. The number of aromatic nitrogens is 3. The lowest BCUT2D eigenvalue weighted by atomic mass is 10.0. The van der Waals surface area contributed by atoms with Gasteiger partial charge in [0.15, 0.2) is 5.82 Å². The average molecular weight is 416 g/mol. The largest absolute Gasteiger partial charge is 0.360 e. The van der Waals surface area contributed by atoms with Gasteiger partial charge in [0.05, 0.1) is 29.7 Å². The molecule has 3 rings (SSSR count). The minimum atomic E-state index is -0.370. The Hall–Kier alpha value is -3.13. The lowest BCUT2D eigenvalue weighted by Gasteiger charge is -2.18. The van der Waals surface area contributed by atoms with Gasteiger partial charge >= 0.3 is 0 Å². The lowest BCUT2D eigenvalue weighted by Crippen LogP contribution is -2.35. The molecule has 0 aliphatic rings. The molecule has 2 aromatic heterocycles. The van der Waals surface area contributed by atoms with E-state index in [1.54, 1.807) is 36.9 Å². The van der Waals surface area contributed by atoms with Gasteiger partial charge in [0.1, 0.15) is 5.76 Å². The zero-order chi connectivity index (χ0) is 21.1. The van der Waals surface area contributed by atoms with Crippen LogP contribution in [0.15, 0.2) is 41.1 Å². The van der Waals surface area contributed by atoms with Gasteiger partial charge in [0.2, 0.25) is 5.91 Å². The molecule has 0 aliphatic heterocycles. The Bertz CT molecular complexity index is 1020. The molecule has 2 amide bonds. The molecule has 0 saturated heterocycles. The molecule has 9 heteroatoms. The van der Waals surface area contributed by atoms with Gasteiger partial charge in [-0.3, -0.25) is 9.59 Å². The maximum absolute atomic E-state index is 13.0. The second-order valence-corrected chi connectivity index (χ2v) is 7.46. The molecule has 0 aliphatic carbocycles. The molecule has 0 saturated carbocycles. The van der Waals surface area contributed by atoms with E-state index in [0.717, 1.165) is 11.4 Å². The van der Waals surface area contributed by atoms with Crippen LogP contribution in [0.4, 0.5) is 5.82 Å². The van der Waals surface area contributed by atoms with Gasteiger partial charge in [-0.05, 0) is 37.1 Å². The van der Waals surface area contributed by atoms with Crippen molar-refractivity contribution in [2.45, 2.75) is 26.7 Å². The van der Waals surface area contributed by atoms with Gasteiger partial charge in [-0.25, -0.2) is 4.68 Å². The number of halogens is 1. The summed E-state index contributed by atoms with van der Waals surface area (Å²) in [7, 11) is 1.57. The molecular formula is C20H22ClN5O3. The molecular weight excluding hydrogens is 394 g/mol. The molecule has 29 heavy (non-hydrogen) atoms. The summed E-state index contributed by atoms with van der Waals surface area (Å²) in [4.78, 5) is 26.6. The van der Waals surface area contributed by atoms with Crippen LogP contribution < -0.4 is 5.32 Å². The molecule has 8 nitrogen and oxygen atoms in total. The number of nitrogens with one attached hydrogen (secondary N) is 1. The molecule has 1 aromatic carbocycles. The quantitative estimate of drug-likeness (QED) is 0.663. The van der Waals surface area contributed by atoms with Gasteiger partial charge in [-0.1, -0.05) is 30.6 Å². The van der Waals surface area contributed by atoms with E-state index in [1.165, 1.54) is 11.1 Å². The Morgan fingerprint density at radius 3 is 2.55 bits per heavy atom. The van der Waals surface area contributed by atoms with Crippen molar-refractivity contribution in [3.63, 3.8) is 0 Å². The predicted molar refractivity (Wildman–Crippen MR) is 109 cm³/mol. The number of carbonyl (C=O) groups is 2. The molecule has 1 N–H and O–H groups in total. The number of anilines is 1. The van der Waals surface area contributed by atoms with Gasteiger partial charge < -0.3 is 14.7 Å². The minimum absolute atomic E-state index is 0.0347. The zero-order valence-corrected chi connectivity index (χ0v) is 17.4. The Labute approximate surface area is 173 Å². The zero-order valence-electron chi connectivity index (χ0n) is 16.6. The van der Waals surface area contributed by atoms with Crippen molar-refractivity contribution in [2.24, 2.45) is 0 Å². The van der Waals surface area contributed by atoms with E-state index in [0.29, 0.717) is 22.2 Å². The topological polar surface area (TPSA) is 93.3 Å². The van der Waals surface area contributed by atoms with Crippen molar-refractivity contribution in [2.75, 3.05) is 18.9 Å². The summed E-state index contributed by atoms with van der Waals surface area (Å²) >= 11 is 5.97. The molecule has 3 aromatic rings. The fourth-order valence-corrected chi connectivity index (χ4v) is 3.09. The maximum Gasteiger partial charge on any atom is 0.257 e. The fraction of sp³-hybridized carbons (Fsp3) is 0.300. The second kappa shape index (κ2) is 8.48. The monoisotopic (exact) mass is 415 g/mol. The van der Waals surface area contributed by atoms with Crippen LogP contribution in [0.25, 0.3) is 5.69 Å². The standard InChI is InChI=1S/C20H22ClN5O3/c1-12(2)19-16(10-22-26(19)15-7-5-14(21)6-8-15)20(28)25(4)11-18(27)23-17-9-13(3)29-24-17/h5-10,12H,11H2,1-4H3,(H,23,24,27). The molecule has 152 valence electrons. The third-order valence-corrected chi connectivity index (χ3v) is 4.53. The van der Waals surface area contributed by atoms with Crippen LogP contribution >= 0.6 is 11.6 Å². The van der Waals surface area contributed by atoms with Crippen molar-refractivity contribution in [1.29, 1.82) is 0 Å². The first kappa shape index (κ1) is 20.6. The van der Waals surface area contributed by atoms with Gasteiger partial charge in [0, 0.05) is 18.1 Å². The summed E-state index contributed by atoms with van der Waals surface area (Å²) in [6.45, 7) is 5.57. The highest BCUT2D eigenvalue weighted by Gasteiger charge is 2.24. The maximum atomic E-state index is 13.0. The van der Waals surface area contributed by atoms with Crippen LogP contribution in [0.2, 0.25) is 5.02 Å². The number of hydrogen-bond acceptors (Lipinski definition) is 5. The fourth-order valence-electron chi connectivity index (χ4n) is 2.97. The number of benzene rings is 1. The smallest absolute Gasteiger partial charge is 0.257 e. The first-order valence-corrected chi connectivity index (χ1v) is 9.46. The first-order chi connectivity index (χ1) is 13.8. The Balaban J connectivity index is 1.79. The highest BCUT2D eigenvalue weighted by Crippen LogP contribution is 2.25. The van der Waals surface area contributed by atoms with Crippen molar-refractivity contribution in [3.05, 3.63) is 58.6 Å². The third kappa shape index (κ3) is 4.65. The Morgan fingerprint density at radius 2 is 1.97 bits per heavy atom. The van der Waals surface area contributed by atoms with E-state index in [1.807, 2.05) is 26.0 Å². The van der Waals surface area contributed by atoms with E-state index in [-0.39, 0.29) is 24.3 Å². The normalized spacial score (nSPS) is 11.0. The number of carbonyl (C=O) groups excluding carboxylic acids is 2. The number of likely N-dealkylation sites (N-methyl/N-ethyl adjacent to an activating group) is 1. The van der Waals surface area contributed by atoms with Crippen LogP contribution in [-0.4, -0.2) is 45.2 Å². The summed E-state index contributed by atoms with van der Waals surface area (Å²) < 4.78 is 6.64. The van der Waals surface area contributed by atoms with Crippen molar-refractivity contribution in [3.8, 4) is 5.69 Å².